The number of halogens is 2. The summed E-state index contributed by atoms with van der Waals surface area (Å²) in [4.78, 5) is 16.1. The summed E-state index contributed by atoms with van der Waals surface area (Å²) >= 11 is 0. The van der Waals surface area contributed by atoms with Gasteiger partial charge in [-0.15, -0.1) is 0 Å². The van der Waals surface area contributed by atoms with Crippen LogP contribution in [0.2, 0.25) is 0 Å². The monoisotopic (exact) mass is 455 g/mol. The van der Waals surface area contributed by atoms with Crippen molar-refractivity contribution in [1.29, 1.82) is 0 Å². The standard InChI is InChI=1S/C24H31F2N7/c1-24(25,26)7-10-27-8-2-9-31-23-22-21(29-11-12-30-22)17-20(32-23)18-3-5-19(6-4-18)33-15-13-28-14-16-33/h3-6,11-12,17,27-28H,2,7-10,13-16H2,1H3,(H,31,32). The van der Waals surface area contributed by atoms with Crippen molar-refractivity contribution in [2.75, 3.05) is 56.0 Å². The summed E-state index contributed by atoms with van der Waals surface area (Å²) in [6.45, 7) is 6.57. The number of nitrogens with one attached hydrogen (secondary N) is 3. The largest absolute Gasteiger partial charge is 0.369 e. The van der Waals surface area contributed by atoms with Gasteiger partial charge in [0, 0.05) is 69.3 Å². The molecule has 1 fully saturated rings. The summed E-state index contributed by atoms with van der Waals surface area (Å²) in [5, 5.41) is 9.79. The highest BCUT2D eigenvalue weighted by Gasteiger charge is 2.19. The summed E-state index contributed by atoms with van der Waals surface area (Å²) in [5.74, 6) is -1.95. The predicted octanol–water partition coefficient (Wildman–Crippen LogP) is 3.54. The van der Waals surface area contributed by atoms with E-state index in [0.29, 0.717) is 25.5 Å². The molecule has 0 spiro atoms. The van der Waals surface area contributed by atoms with Crippen LogP contribution < -0.4 is 20.9 Å². The van der Waals surface area contributed by atoms with E-state index in [1.165, 1.54) is 5.69 Å². The molecule has 7 nitrogen and oxygen atoms in total. The molecule has 0 radical (unpaired) electrons. The fourth-order valence-corrected chi connectivity index (χ4v) is 3.86. The molecule has 1 aliphatic rings. The highest BCUT2D eigenvalue weighted by Crippen LogP contribution is 2.27. The van der Waals surface area contributed by atoms with Gasteiger partial charge >= 0.3 is 0 Å². The third-order valence-electron chi connectivity index (χ3n) is 5.67. The molecule has 3 heterocycles. The lowest BCUT2D eigenvalue weighted by molar-refractivity contribution is 0.0135. The Morgan fingerprint density at radius 2 is 1.79 bits per heavy atom. The van der Waals surface area contributed by atoms with E-state index in [4.69, 9.17) is 4.98 Å². The summed E-state index contributed by atoms with van der Waals surface area (Å²) in [6, 6.07) is 10.4. The maximum Gasteiger partial charge on any atom is 0.246 e. The molecule has 9 heteroatoms. The van der Waals surface area contributed by atoms with Crippen molar-refractivity contribution in [3.8, 4) is 11.3 Å². The van der Waals surface area contributed by atoms with Gasteiger partial charge in [-0.1, -0.05) is 12.1 Å². The first-order valence-corrected chi connectivity index (χ1v) is 11.5. The molecular formula is C24H31F2N7. The molecule has 0 unspecified atom stereocenters. The maximum absolute atomic E-state index is 12.9. The van der Waals surface area contributed by atoms with Gasteiger partial charge in [0.15, 0.2) is 5.82 Å². The van der Waals surface area contributed by atoms with Gasteiger partial charge in [0.1, 0.15) is 5.52 Å². The Morgan fingerprint density at radius 1 is 1.03 bits per heavy atom. The zero-order valence-corrected chi connectivity index (χ0v) is 19.0. The van der Waals surface area contributed by atoms with Gasteiger partial charge in [-0.2, -0.15) is 0 Å². The number of alkyl halides is 2. The van der Waals surface area contributed by atoms with Crippen LogP contribution in [0.5, 0.6) is 0 Å². The Hall–Kier alpha value is -2.91. The fraction of sp³-hybridized carbons (Fsp3) is 0.458. The molecule has 4 rings (SSSR count). The van der Waals surface area contributed by atoms with E-state index in [9.17, 15) is 8.78 Å². The number of nitrogens with zero attached hydrogens (tertiary/aromatic N) is 4. The molecule has 176 valence electrons. The van der Waals surface area contributed by atoms with Crippen molar-refractivity contribution in [1.82, 2.24) is 25.6 Å². The van der Waals surface area contributed by atoms with E-state index in [2.05, 4.69) is 55.1 Å². The molecule has 3 aromatic rings. The van der Waals surface area contributed by atoms with E-state index in [0.717, 1.165) is 61.8 Å². The summed E-state index contributed by atoms with van der Waals surface area (Å²) in [5.41, 5.74) is 4.57. The van der Waals surface area contributed by atoms with Crippen LogP contribution in [0.25, 0.3) is 22.3 Å². The van der Waals surface area contributed by atoms with Crippen LogP contribution in [0.4, 0.5) is 20.3 Å². The zero-order chi connectivity index (χ0) is 23.1. The van der Waals surface area contributed by atoms with Crippen LogP contribution in [0.15, 0.2) is 42.7 Å². The lowest BCUT2D eigenvalue weighted by atomic mass is 10.1. The number of benzene rings is 1. The first-order chi connectivity index (χ1) is 16.0. The molecule has 0 bridgehead atoms. The lowest BCUT2D eigenvalue weighted by Crippen LogP contribution is -2.43. The maximum atomic E-state index is 12.9. The lowest BCUT2D eigenvalue weighted by Gasteiger charge is -2.29. The first-order valence-electron chi connectivity index (χ1n) is 11.5. The minimum Gasteiger partial charge on any atom is -0.369 e. The molecule has 1 aliphatic heterocycles. The number of rotatable bonds is 10. The van der Waals surface area contributed by atoms with Gasteiger partial charge in [-0.25, -0.2) is 18.7 Å². The first kappa shape index (κ1) is 23.3. The number of hydrogen-bond acceptors (Lipinski definition) is 7. The van der Waals surface area contributed by atoms with Gasteiger partial charge < -0.3 is 20.9 Å². The highest BCUT2D eigenvalue weighted by molar-refractivity contribution is 5.88. The second-order valence-electron chi connectivity index (χ2n) is 8.41. The van der Waals surface area contributed by atoms with Crippen molar-refractivity contribution in [3.63, 3.8) is 0 Å². The van der Waals surface area contributed by atoms with Crippen LogP contribution in [0.1, 0.15) is 19.8 Å². The van der Waals surface area contributed by atoms with E-state index < -0.39 is 5.92 Å². The number of piperazine rings is 1. The number of anilines is 2. The molecule has 33 heavy (non-hydrogen) atoms. The average Bonchev–Trinajstić information content (AvgIpc) is 2.83. The molecule has 2 aromatic heterocycles. The quantitative estimate of drug-likeness (QED) is 0.404. The van der Waals surface area contributed by atoms with Gasteiger partial charge in [0.05, 0.1) is 11.2 Å². The Labute approximate surface area is 193 Å². The van der Waals surface area contributed by atoms with E-state index in [-0.39, 0.29) is 6.42 Å². The van der Waals surface area contributed by atoms with E-state index in [1.807, 2.05) is 6.07 Å². The van der Waals surface area contributed by atoms with Crippen molar-refractivity contribution >= 4 is 22.5 Å². The molecule has 0 amide bonds. The molecular weight excluding hydrogens is 424 g/mol. The van der Waals surface area contributed by atoms with Crippen LogP contribution in [-0.2, 0) is 0 Å². The third-order valence-corrected chi connectivity index (χ3v) is 5.67. The number of aromatic nitrogens is 3. The van der Waals surface area contributed by atoms with Gasteiger partial charge in [-0.3, -0.25) is 4.98 Å². The summed E-state index contributed by atoms with van der Waals surface area (Å²) in [7, 11) is 0. The normalized spacial score (nSPS) is 14.6. The zero-order valence-electron chi connectivity index (χ0n) is 19.0. The second kappa shape index (κ2) is 10.8. The fourth-order valence-electron chi connectivity index (χ4n) is 3.86. The Balaban J connectivity index is 1.42. The molecule has 3 N–H and O–H groups in total. The second-order valence-corrected chi connectivity index (χ2v) is 8.41. The van der Waals surface area contributed by atoms with Crippen LogP contribution in [0, 0.1) is 0 Å². The smallest absolute Gasteiger partial charge is 0.246 e. The molecule has 0 aliphatic carbocycles. The van der Waals surface area contributed by atoms with Crippen molar-refractivity contribution in [2.24, 2.45) is 0 Å². The summed E-state index contributed by atoms with van der Waals surface area (Å²) in [6.07, 6.45) is 3.96. The van der Waals surface area contributed by atoms with Crippen LogP contribution in [-0.4, -0.2) is 66.7 Å². The number of fused-ring (bicyclic) bond motifs is 1. The molecule has 0 atom stereocenters. The van der Waals surface area contributed by atoms with Gasteiger partial charge in [0.25, 0.3) is 0 Å². The highest BCUT2D eigenvalue weighted by atomic mass is 19.3. The third kappa shape index (κ3) is 6.55. The van der Waals surface area contributed by atoms with Crippen LogP contribution in [0.3, 0.4) is 0 Å². The van der Waals surface area contributed by atoms with E-state index in [1.54, 1.807) is 12.4 Å². The van der Waals surface area contributed by atoms with E-state index >= 15 is 0 Å². The average molecular weight is 456 g/mol. The van der Waals surface area contributed by atoms with Crippen molar-refractivity contribution < 1.29 is 8.78 Å². The minimum absolute atomic E-state index is 0.155. The SMILES string of the molecule is CC(F)(F)CCNCCCNc1nc(-c2ccc(N3CCNCC3)cc2)cc2nccnc12. The Morgan fingerprint density at radius 3 is 2.55 bits per heavy atom. The van der Waals surface area contributed by atoms with Crippen molar-refractivity contribution in [3.05, 3.63) is 42.7 Å². The predicted molar refractivity (Wildman–Crippen MR) is 129 cm³/mol. The molecule has 0 saturated carbocycles. The minimum atomic E-state index is -2.63. The summed E-state index contributed by atoms with van der Waals surface area (Å²) < 4.78 is 25.8. The molecule has 1 aromatic carbocycles. The Kier molecular flexibility index (Phi) is 7.61. The van der Waals surface area contributed by atoms with Crippen LogP contribution >= 0.6 is 0 Å². The van der Waals surface area contributed by atoms with Gasteiger partial charge in [-0.05, 0) is 38.1 Å². The van der Waals surface area contributed by atoms with Crippen molar-refractivity contribution in [2.45, 2.75) is 25.7 Å². The number of hydrogen-bond donors (Lipinski definition) is 3. The van der Waals surface area contributed by atoms with Gasteiger partial charge in [0.2, 0.25) is 5.92 Å². The Bertz CT molecular complexity index is 1030. The molecule has 1 saturated heterocycles. The topological polar surface area (TPSA) is 78.0 Å². The number of pyridine rings is 1.